The predicted molar refractivity (Wildman–Crippen MR) is 121 cm³/mol. The zero-order valence-corrected chi connectivity index (χ0v) is 19.9. The molecular formula is C24H39N3O5. The first-order chi connectivity index (χ1) is 15.1. The molecule has 32 heavy (non-hydrogen) atoms. The lowest BCUT2D eigenvalue weighted by molar-refractivity contribution is -0.150. The minimum atomic E-state index is -1.06. The Labute approximate surface area is 191 Å². The van der Waals surface area contributed by atoms with Gasteiger partial charge in [-0.2, -0.15) is 0 Å². The fourth-order valence-electron chi connectivity index (χ4n) is 3.83. The molecule has 8 heteroatoms. The van der Waals surface area contributed by atoms with E-state index in [1.54, 1.807) is 13.0 Å². The summed E-state index contributed by atoms with van der Waals surface area (Å²) in [7, 11) is 0. The largest absolute Gasteiger partial charge is 0.464 e. The molecule has 180 valence electrons. The number of nitrogens with one attached hydrogen (secondary N) is 2. The number of rotatable bonds is 9. The number of ether oxygens (including phenoxy) is 1. The van der Waals surface area contributed by atoms with Crippen LogP contribution in [0.5, 0.6) is 0 Å². The van der Waals surface area contributed by atoms with Crippen molar-refractivity contribution in [3.63, 3.8) is 0 Å². The van der Waals surface area contributed by atoms with Crippen LogP contribution in [0, 0.1) is 17.8 Å². The molecule has 2 N–H and O–H groups in total. The van der Waals surface area contributed by atoms with Crippen molar-refractivity contribution in [3.05, 3.63) is 12.7 Å². The van der Waals surface area contributed by atoms with E-state index in [2.05, 4.69) is 38.0 Å². The van der Waals surface area contributed by atoms with Crippen LogP contribution in [0.25, 0.3) is 0 Å². The van der Waals surface area contributed by atoms with Crippen molar-refractivity contribution >= 4 is 23.7 Å². The van der Waals surface area contributed by atoms with E-state index in [1.165, 1.54) is 4.90 Å². The fourth-order valence-corrected chi connectivity index (χ4v) is 3.83. The van der Waals surface area contributed by atoms with Crippen molar-refractivity contribution in [2.75, 3.05) is 19.7 Å². The highest BCUT2D eigenvalue weighted by Crippen LogP contribution is 2.45. The van der Waals surface area contributed by atoms with E-state index in [9.17, 15) is 19.2 Å². The third-order valence-corrected chi connectivity index (χ3v) is 5.77. The Morgan fingerprint density at radius 2 is 1.84 bits per heavy atom. The van der Waals surface area contributed by atoms with Crippen LogP contribution in [0.15, 0.2) is 12.7 Å². The summed E-state index contributed by atoms with van der Waals surface area (Å²) >= 11 is 0. The first-order valence-corrected chi connectivity index (χ1v) is 11.8. The fraction of sp³-hybridized carbons (Fsp3) is 0.750. The molecule has 0 aromatic rings. The van der Waals surface area contributed by atoms with Crippen LogP contribution in [0.4, 0.5) is 0 Å². The van der Waals surface area contributed by atoms with Crippen molar-refractivity contribution in [1.29, 1.82) is 0 Å². The Balaban J connectivity index is 0.000000837. The quantitative estimate of drug-likeness (QED) is 0.415. The molecule has 2 saturated carbocycles. The average Bonchev–Trinajstić information content (AvgIpc) is 3.62. The van der Waals surface area contributed by atoms with E-state index >= 15 is 0 Å². The molecule has 0 bridgehead atoms. The number of nitrogens with zero attached hydrogens (tertiary/aromatic N) is 1. The van der Waals surface area contributed by atoms with Crippen LogP contribution in [-0.2, 0) is 23.9 Å². The van der Waals surface area contributed by atoms with E-state index in [-0.39, 0.29) is 36.8 Å². The summed E-state index contributed by atoms with van der Waals surface area (Å²) in [5.41, 5.74) is -1.06. The number of carbonyl (C=O) groups is 4. The van der Waals surface area contributed by atoms with E-state index in [1.807, 2.05) is 0 Å². The SMILES string of the molecule is C=CC1CC1(NC(=O)[C@@H]1CCCN1C(=O)CNC(=O)CC1CC1)C(=O)OCC.CC(C)C. The molecule has 3 rings (SSSR count). The Morgan fingerprint density at radius 1 is 1.19 bits per heavy atom. The van der Waals surface area contributed by atoms with E-state index in [0.29, 0.717) is 38.1 Å². The van der Waals surface area contributed by atoms with Crippen LogP contribution in [-0.4, -0.2) is 59.9 Å². The normalized spacial score (nSPS) is 26.0. The molecule has 1 saturated heterocycles. The maximum Gasteiger partial charge on any atom is 0.332 e. The number of hydrogen-bond donors (Lipinski definition) is 2. The monoisotopic (exact) mass is 449 g/mol. The first-order valence-electron chi connectivity index (χ1n) is 11.8. The Kier molecular flexibility index (Phi) is 9.28. The van der Waals surface area contributed by atoms with Gasteiger partial charge < -0.3 is 20.3 Å². The predicted octanol–water partition coefficient (Wildman–Crippen LogP) is 2.18. The molecule has 3 fully saturated rings. The van der Waals surface area contributed by atoms with Crippen LogP contribution >= 0.6 is 0 Å². The van der Waals surface area contributed by atoms with Gasteiger partial charge >= 0.3 is 5.97 Å². The molecule has 0 aromatic carbocycles. The van der Waals surface area contributed by atoms with Crippen molar-refractivity contribution < 1.29 is 23.9 Å². The van der Waals surface area contributed by atoms with Crippen LogP contribution in [0.1, 0.15) is 66.2 Å². The standard InChI is InChI=1S/C20H29N3O5.C4H10/c1-3-14-11-20(14,19(27)28-4-2)22-18(26)15-6-5-9-23(15)17(25)12-21-16(24)10-13-7-8-13;1-4(2)3/h3,13-15H,1,4-12H2,2H3,(H,21,24)(H,22,26);4H,1-3H3/t14?,15-,20?;/m0./s1. The zero-order chi connectivity index (χ0) is 23.9. The van der Waals surface area contributed by atoms with E-state index in [0.717, 1.165) is 18.8 Å². The summed E-state index contributed by atoms with van der Waals surface area (Å²) in [6.45, 7) is 12.5. The molecule has 0 radical (unpaired) electrons. The lowest BCUT2D eigenvalue weighted by Crippen LogP contribution is -2.54. The summed E-state index contributed by atoms with van der Waals surface area (Å²) in [6.07, 6.45) is 5.95. The highest BCUT2D eigenvalue weighted by molar-refractivity contribution is 5.96. The molecule has 1 aliphatic heterocycles. The van der Waals surface area contributed by atoms with Gasteiger partial charge in [-0.3, -0.25) is 14.4 Å². The highest BCUT2D eigenvalue weighted by atomic mass is 16.5. The van der Waals surface area contributed by atoms with Gasteiger partial charge in [-0.15, -0.1) is 6.58 Å². The minimum absolute atomic E-state index is 0.104. The minimum Gasteiger partial charge on any atom is -0.464 e. The smallest absolute Gasteiger partial charge is 0.332 e. The Bertz CT molecular complexity index is 716. The summed E-state index contributed by atoms with van der Waals surface area (Å²) in [6, 6.07) is -0.634. The summed E-state index contributed by atoms with van der Waals surface area (Å²) in [5.74, 6) is -0.0882. The van der Waals surface area contributed by atoms with Crippen LogP contribution in [0.3, 0.4) is 0 Å². The molecule has 0 aromatic heterocycles. The maximum absolute atomic E-state index is 12.8. The maximum atomic E-state index is 12.8. The first kappa shape index (κ1) is 25.9. The molecule has 3 aliphatic rings. The Morgan fingerprint density at radius 3 is 2.38 bits per heavy atom. The van der Waals surface area contributed by atoms with Gasteiger partial charge in [0, 0.05) is 18.9 Å². The molecular weight excluding hydrogens is 410 g/mol. The number of hydrogen-bond acceptors (Lipinski definition) is 5. The number of carbonyl (C=O) groups excluding carboxylic acids is 4. The number of esters is 1. The van der Waals surface area contributed by atoms with Gasteiger partial charge in [-0.05, 0) is 50.9 Å². The molecule has 2 aliphatic carbocycles. The van der Waals surface area contributed by atoms with Gasteiger partial charge in [0.15, 0.2) is 0 Å². The summed E-state index contributed by atoms with van der Waals surface area (Å²) in [4.78, 5) is 51.0. The second kappa shape index (κ2) is 11.5. The molecule has 3 atom stereocenters. The van der Waals surface area contributed by atoms with Gasteiger partial charge in [-0.1, -0.05) is 26.8 Å². The summed E-state index contributed by atoms with van der Waals surface area (Å²) < 4.78 is 5.11. The third kappa shape index (κ3) is 7.07. The number of amides is 3. The highest BCUT2D eigenvalue weighted by Gasteiger charge is 2.61. The third-order valence-electron chi connectivity index (χ3n) is 5.77. The molecule has 8 nitrogen and oxygen atoms in total. The van der Waals surface area contributed by atoms with Gasteiger partial charge in [0.05, 0.1) is 13.2 Å². The van der Waals surface area contributed by atoms with Gasteiger partial charge in [0.2, 0.25) is 17.7 Å². The van der Waals surface area contributed by atoms with Crippen molar-refractivity contribution in [1.82, 2.24) is 15.5 Å². The zero-order valence-electron chi connectivity index (χ0n) is 19.9. The van der Waals surface area contributed by atoms with Crippen molar-refractivity contribution in [2.24, 2.45) is 17.8 Å². The second-order valence-corrected chi connectivity index (χ2v) is 9.63. The lowest BCUT2D eigenvalue weighted by atomic mass is 10.1. The molecule has 0 spiro atoms. The van der Waals surface area contributed by atoms with E-state index < -0.39 is 17.6 Å². The van der Waals surface area contributed by atoms with Gasteiger partial charge in [0.1, 0.15) is 11.6 Å². The van der Waals surface area contributed by atoms with Crippen molar-refractivity contribution in [2.45, 2.75) is 77.8 Å². The molecule has 3 amide bonds. The lowest BCUT2D eigenvalue weighted by Gasteiger charge is -2.26. The molecule has 1 heterocycles. The van der Waals surface area contributed by atoms with Gasteiger partial charge in [0.25, 0.3) is 0 Å². The molecule has 2 unspecified atom stereocenters. The van der Waals surface area contributed by atoms with E-state index in [4.69, 9.17) is 4.74 Å². The average molecular weight is 450 g/mol. The summed E-state index contributed by atoms with van der Waals surface area (Å²) in [5, 5.41) is 5.47. The van der Waals surface area contributed by atoms with Gasteiger partial charge in [-0.25, -0.2) is 4.79 Å². The van der Waals surface area contributed by atoms with Crippen LogP contribution < -0.4 is 10.6 Å². The van der Waals surface area contributed by atoms with Crippen molar-refractivity contribution in [3.8, 4) is 0 Å². The number of likely N-dealkylation sites (tertiary alicyclic amines) is 1. The second-order valence-electron chi connectivity index (χ2n) is 9.63. The van der Waals surface area contributed by atoms with Crippen LogP contribution in [0.2, 0.25) is 0 Å². The Hall–Kier alpha value is -2.38. The topological polar surface area (TPSA) is 105 Å².